The standard InChI is InChI=1S/C21H23Cl2N3/c22-19-4-3-13(6-20(19)23)9-25-16-7-14-2-1-5-26-12-15-10-24-11-18(15)17(8-16)21(14)26/h3-4,6-8,15,18,24-25H,1-2,5,9-12H2/t15-,18-/m1/s1. The van der Waals surface area contributed by atoms with Gasteiger partial charge in [-0.2, -0.15) is 0 Å². The lowest BCUT2D eigenvalue weighted by Gasteiger charge is -2.42. The van der Waals surface area contributed by atoms with E-state index in [1.807, 2.05) is 18.2 Å². The number of nitrogens with zero attached hydrogens (tertiary/aromatic N) is 1. The zero-order valence-corrected chi connectivity index (χ0v) is 16.2. The van der Waals surface area contributed by atoms with Gasteiger partial charge in [0.15, 0.2) is 0 Å². The lowest BCUT2D eigenvalue weighted by Crippen LogP contribution is -2.41. The van der Waals surface area contributed by atoms with Gasteiger partial charge in [0.2, 0.25) is 0 Å². The molecule has 5 rings (SSSR count). The molecule has 3 aliphatic heterocycles. The van der Waals surface area contributed by atoms with Gasteiger partial charge in [-0.1, -0.05) is 29.3 Å². The molecule has 0 saturated carbocycles. The van der Waals surface area contributed by atoms with Crippen LogP contribution in [0.4, 0.5) is 11.4 Å². The summed E-state index contributed by atoms with van der Waals surface area (Å²) in [7, 11) is 0. The largest absolute Gasteiger partial charge is 0.381 e. The minimum atomic E-state index is 0.605. The van der Waals surface area contributed by atoms with Crippen LogP contribution in [0.1, 0.15) is 29.0 Å². The van der Waals surface area contributed by atoms with Crippen molar-refractivity contribution >= 4 is 34.6 Å². The first-order valence-corrected chi connectivity index (χ1v) is 10.2. The van der Waals surface area contributed by atoms with Crippen LogP contribution in [-0.4, -0.2) is 26.2 Å². The zero-order chi connectivity index (χ0) is 17.7. The molecule has 5 heteroatoms. The second kappa shape index (κ2) is 6.63. The van der Waals surface area contributed by atoms with Gasteiger partial charge in [0.1, 0.15) is 0 Å². The predicted octanol–water partition coefficient (Wildman–Crippen LogP) is 4.67. The van der Waals surface area contributed by atoms with Crippen LogP contribution in [0, 0.1) is 5.92 Å². The Labute approximate surface area is 164 Å². The van der Waals surface area contributed by atoms with Crippen molar-refractivity contribution in [2.75, 3.05) is 36.4 Å². The molecule has 0 unspecified atom stereocenters. The van der Waals surface area contributed by atoms with Crippen LogP contribution in [0.3, 0.4) is 0 Å². The number of anilines is 2. The van der Waals surface area contributed by atoms with Gasteiger partial charge >= 0.3 is 0 Å². The fraction of sp³-hybridized carbons (Fsp3) is 0.429. The average molecular weight is 388 g/mol. The number of fused-ring (bicyclic) bond motifs is 2. The minimum Gasteiger partial charge on any atom is -0.381 e. The van der Waals surface area contributed by atoms with E-state index in [0.717, 1.165) is 31.1 Å². The highest BCUT2D eigenvalue weighted by Crippen LogP contribution is 2.45. The molecule has 2 N–H and O–H groups in total. The Bertz CT molecular complexity index is 851. The molecule has 2 aromatic carbocycles. The highest BCUT2D eigenvalue weighted by molar-refractivity contribution is 6.42. The van der Waals surface area contributed by atoms with E-state index in [0.29, 0.717) is 16.0 Å². The molecule has 3 heterocycles. The predicted molar refractivity (Wildman–Crippen MR) is 110 cm³/mol. The Morgan fingerprint density at radius 2 is 2.04 bits per heavy atom. The van der Waals surface area contributed by atoms with Crippen molar-refractivity contribution in [1.29, 1.82) is 0 Å². The average Bonchev–Trinajstić information content (AvgIpc) is 3.11. The molecule has 136 valence electrons. The molecule has 2 atom stereocenters. The zero-order valence-electron chi connectivity index (χ0n) is 14.7. The summed E-state index contributed by atoms with van der Waals surface area (Å²) in [6.07, 6.45) is 2.44. The highest BCUT2D eigenvalue weighted by Gasteiger charge is 2.38. The molecular weight excluding hydrogens is 365 g/mol. The van der Waals surface area contributed by atoms with Gasteiger partial charge in [-0.3, -0.25) is 0 Å². The molecule has 0 amide bonds. The van der Waals surface area contributed by atoms with E-state index in [4.69, 9.17) is 23.2 Å². The molecule has 1 saturated heterocycles. The first-order valence-electron chi connectivity index (χ1n) is 9.49. The Kier molecular flexibility index (Phi) is 4.27. The Balaban J connectivity index is 1.45. The van der Waals surface area contributed by atoms with Gasteiger partial charge < -0.3 is 15.5 Å². The van der Waals surface area contributed by atoms with Crippen molar-refractivity contribution < 1.29 is 0 Å². The van der Waals surface area contributed by atoms with Crippen LogP contribution < -0.4 is 15.5 Å². The van der Waals surface area contributed by atoms with Gasteiger partial charge in [-0.15, -0.1) is 0 Å². The van der Waals surface area contributed by atoms with E-state index >= 15 is 0 Å². The van der Waals surface area contributed by atoms with Gasteiger partial charge in [0, 0.05) is 50.0 Å². The topological polar surface area (TPSA) is 27.3 Å². The normalized spacial score (nSPS) is 23.5. The second-order valence-corrected chi connectivity index (χ2v) is 8.56. The van der Waals surface area contributed by atoms with Crippen LogP contribution in [0.25, 0.3) is 0 Å². The van der Waals surface area contributed by atoms with Crippen LogP contribution in [-0.2, 0) is 13.0 Å². The first-order chi connectivity index (χ1) is 12.7. The molecule has 26 heavy (non-hydrogen) atoms. The van der Waals surface area contributed by atoms with E-state index in [-0.39, 0.29) is 0 Å². The Hall–Kier alpha value is -1.42. The van der Waals surface area contributed by atoms with Crippen molar-refractivity contribution in [2.45, 2.75) is 25.3 Å². The third kappa shape index (κ3) is 2.87. The van der Waals surface area contributed by atoms with Gasteiger partial charge in [0.05, 0.1) is 10.0 Å². The monoisotopic (exact) mass is 387 g/mol. The number of halogens is 2. The molecule has 0 radical (unpaired) electrons. The summed E-state index contributed by atoms with van der Waals surface area (Å²) < 4.78 is 0. The van der Waals surface area contributed by atoms with Crippen LogP contribution in [0.15, 0.2) is 30.3 Å². The van der Waals surface area contributed by atoms with Crippen LogP contribution in [0.2, 0.25) is 10.0 Å². The Morgan fingerprint density at radius 1 is 1.12 bits per heavy atom. The molecular formula is C21H23Cl2N3. The van der Waals surface area contributed by atoms with E-state index in [1.165, 1.54) is 42.9 Å². The quantitative estimate of drug-likeness (QED) is 0.800. The number of aryl methyl sites for hydroxylation is 1. The third-order valence-corrected chi connectivity index (χ3v) is 6.82. The molecule has 3 aliphatic rings. The maximum absolute atomic E-state index is 6.15. The van der Waals surface area contributed by atoms with E-state index in [2.05, 4.69) is 27.7 Å². The molecule has 0 aliphatic carbocycles. The van der Waals surface area contributed by atoms with Crippen molar-refractivity contribution in [3.8, 4) is 0 Å². The van der Waals surface area contributed by atoms with Gasteiger partial charge in [0.25, 0.3) is 0 Å². The molecule has 0 spiro atoms. The SMILES string of the molecule is Clc1ccc(CNc2cc3c4c(c2)[C@@H]2CNC[C@@H]2CN4CCC3)cc1Cl. The minimum absolute atomic E-state index is 0.605. The summed E-state index contributed by atoms with van der Waals surface area (Å²) in [5.41, 5.74) is 6.95. The number of rotatable bonds is 3. The lowest BCUT2D eigenvalue weighted by molar-refractivity contribution is 0.470. The van der Waals surface area contributed by atoms with Gasteiger partial charge in [-0.05, 0) is 59.7 Å². The fourth-order valence-electron chi connectivity index (χ4n) is 4.86. The van der Waals surface area contributed by atoms with Crippen molar-refractivity contribution in [3.63, 3.8) is 0 Å². The number of benzene rings is 2. The lowest BCUT2D eigenvalue weighted by atomic mass is 9.80. The molecule has 3 nitrogen and oxygen atoms in total. The number of hydrogen-bond donors (Lipinski definition) is 2. The summed E-state index contributed by atoms with van der Waals surface area (Å²) >= 11 is 12.2. The van der Waals surface area contributed by atoms with Crippen molar-refractivity contribution in [1.82, 2.24) is 5.32 Å². The second-order valence-electron chi connectivity index (χ2n) is 7.75. The van der Waals surface area contributed by atoms with Crippen molar-refractivity contribution in [2.24, 2.45) is 5.92 Å². The van der Waals surface area contributed by atoms with E-state index in [1.54, 1.807) is 5.56 Å². The molecule has 1 fully saturated rings. The van der Waals surface area contributed by atoms with E-state index < -0.39 is 0 Å². The number of nitrogens with one attached hydrogen (secondary N) is 2. The molecule has 0 aromatic heterocycles. The van der Waals surface area contributed by atoms with Crippen LogP contribution >= 0.6 is 23.2 Å². The first kappa shape index (κ1) is 16.7. The molecule has 0 bridgehead atoms. The summed E-state index contributed by atoms with van der Waals surface area (Å²) in [4.78, 5) is 2.63. The molecule has 2 aromatic rings. The van der Waals surface area contributed by atoms with Crippen LogP contribution in [0.5, 0.6) is 0 Å². The summed E-state index contributed by atoms with van der Waals surface area (Å²) in [6.45, 7) is 5.44. The summed E-state index contributed by atoms with van der Waals surface area (Å²) in [6, 6.07) is 10.6. The van der Waals surface area contributed by atoms with Crippen molar-refractivity contribution in [3.05, 3.63) is 57.1 Å². The fourth-order valence-corrected chi connectivity index (χ4v) is 5.18. The Morgan fingerprint density at radius 3 is 2.92 bits per heavy atom. The van der Waals surface area contributed by atoms with E-state index in [9.17, 15) is 0 Å². The van der Waals surface area contributed by atoms with Gasteiger partial charge in [-0.25, -0.2) is 0 Å². The maximum atomic E-state index is 6.15. The highest BCUT2D eigenvalue weighted by atomic mass is 35.5. The smallest absolute Gasteiger partial charge is 0.0595 e. The number of hydrogen-bond acceptors (Lipinski definition) is 3. The third-order valence-electron chi connectivity index (χ3n) is 6.08. The maximum Gasteiger partial charge on any atom is 0.0595 e. The summed E-state index contributed by atoms with van der Waals surface area (Å²) in [5, 5.41) is 8.43. The summed E-state index contributed by atoms with van der Waals surface area (Å²) in [5.74, 6) is 1.41.